The van der Waals surface area contributed by atoms with Crippen molar-refractivity contribution >= 4 is 13.6 Å². The van der Waals surface area contributed by atoms with Crippen molar-refractivity contribution in [2.24, 2.45) is 0 Å². The van der Waals surface area contributed by atoms with Crippen molar-refractivity contribution in [2.75, 3.05) is 0 Å². The topological polar surface area (TPSA) is 17.1 Å². The van der Waals surface area contributed by atoms with Crippen LogP contribution in [-0.4, -0.2) is 13.6 Å². The highest BCUT2D eigenvalue weighted by Gasteiger charge is 2.27. The number of Topliss-reactive ketones (excluding diaryl/α,β-unsaturated/α-hetero) is 1. The molecule has 0 bridgehead atoms. The van der Waals surface area contributed by atoms with Crippen molar-refractivity contribution in [3.05, 3.63) is 69.7 Å². The van der Waals surface area contributed by atoms with E-state index >= 15 is 0 Å². The number of hydrogen-bond acceptors (Lipinski definition) is 1. The lowest BCUT2D eigenvalue weighted by Gasteiger charge is -2.09. The van der Waals surface area contributed by atoms with Gasteiger partial charge in [-0.2, -0.15) is 0 Å². The van der Waals surface area contributed by atoms with Gasteiger partial charge in [-0.05, 0) is 42.2 Å². The van der Waals surface area contributed by atoms with E-state index in [1.165, 1.54) is 0 Å². The first-order chi connectivity index (χ1) is 9.56. The van der Waals surface area contributed by atoms with Crippen molar-refractivity contribution in [1.82, 2.24) is 0 Å². The molecule has 0 amide bonds. The zero-order chi connectivity index (χ0) is 14.3. The maximum absolute atomic E-state index is 13.2. The first kappa shape index (κ1) is 13.0. The quantitative estimate of drug-likeness (QED) is 0.563. The van der Waals surface area contributed by atoms with Crippen LogP contribution in [0.2, 0.25) is 0 Å². The molecule has 20 heavy (non-hydrogen) atoms. The van der Waals surface area contributed by atoms with Gasteiger partial charge >= 0.3 is 0 Å². The fourth-order valence-electron chi connectivity index (χ4n) is 2.56. The van der Waals surface area contributed by atoms with Gasteiger partial charge in [0, 0.05) is 17.6 Å². The molecule has 2 radical (unpaired) electrons. The second-order valence-electron chi connectivity index (χ2n) is 5.00. The van der Waals surface area contributed by atoms with Gasteiger partial charge in [-0.25, -0.2) is 8.78 Å². The highest BCUT2D eigenvalue weighted by atomic mass is 19.2. The van der Waals surface area contributed by atoms with E-state index in [0.29, 0.717) is 23.0 Å². The summed E-state index contributed by atoms with van der Waals surface area (Å²) in [6.07, 6.45) is 7.70. The van der Waals surface area contributed by atoms with Crippen molar-refractivity contribution < 1.29 is 13.6 Å². The standard InChI is InChI=1S/C16H11BF2O/c17-13-4-2-1-3-9(13)5-11-6-10-7-14(18)15(19)8-12(10)16(11)20/h3-5,7-8H,1-2,6H2/b11-5+. The summed E-state index contributed by atoms with van der Waals surface area (Å²) in [5, 5.41) is 0. The lowest BCUT2D eigenvalue weighted by molar-refractivity contribution is 0.103. The van der Waals surface area contributed by atoms with Gasteiger partial charge in [0.1, 0.15) is 7.85 Å². The largest absolute Gasteiger partial charge is 0.289 e. The molecular weight excluding hydrogens is 257 g/mol. The Morgan fingerprint density at radius 2 is 1.80 bits per heavy atom. The zero-order valence-corrected chi connectivity index (χ0v) is 10.7. The lowest BCUT2D eigenvalue weighted by atomic mass is 9.82. The van der Waals surface area contributed by atoms with Crippen LogP contribution in [0.1, 0.15) is 28.8 Å². The highest BCUT2D eigenvalue weighted by Crippen LogP contribution is 2.30. The van der Waals surface area contributed by atoms with E-state index in [1.807, 2.05) is 12.2 Å². The normalized spacial score (nSPS) is 19.9. The Kier molecular flexibility index (Phi) is 3.17. The second-order valence-corrected chi connectivity index (χ2v) is 5.00. The van der Waals surface area contributed by atoms with Gasteiger partial charge in [0.05, 0.1) is 0 Å². The predicted molar refractivity (Wildman–Crippen MR) is 73.6 cm³/mol. The Morgan fingerprint density at radius 3 is 2.55 bits per heavy atom. The van der Waals surface area contributed by atoms with Crippen molar-refractivity contribution in [2.45, 2.75) is 19.3 Å². The number of allylic oxidation sites excluding steroid dienone is 6. The molecule has 1 nitrogen and oxygen atoms in total. The van der Waals surface area contributed by atoms with E-state index in [-0.39, 0.29) is 11.3 Å². The molecule has 4 heteroatoms. The Bertz CT molecular complexity index is 699. The van der Waals surface area contributed by atoms with Crippen LogP contribution in [0.5, 0.6) is 0 Å². The van der Waals surface area contributed by atoms with Gasteiger partial charge in [-0.3, -0.25) is 4.79 Å². The van der Waals surface area contributed by atoms with E-state index in [4.69, 9.17) is 7.85 Å². The average molecular weight is 268 g/mol. The molecule has 0 aliphatic heterocycles. The van der Waals surface area contributed by atoms with Crippen LogP contribution in [0.15, 0.2) is 47.0 Å². The summed E-state index contributed by atoms with van der Waals surface area (Å²) < 4.78 is 26.4. The van der Waals surface area contributed by atoms with E-state index in [1.54, 1.807) is 6.08 Å². The van der Waals surface area contributed by atoms with Crippen LogP contribution < -0.4 is 0 Å². The van der Waals surface area contributed by atoms with Crippen molar-refractivity contribution in [3.63, 3.8) is 0 Å². The Balaban J connectivity index is 1.98. The maximum atomic E-state index is 13.2. The second kappa shape index (κ2) is 4.86. The molecule has 3 rings (SSSR count). The van der Waals surface area contributed by atoms with Gasteiger partial charge in [-0.15, -0.1) is 0 Å². The Morgan fingerprint density at radius 1 is 1.10 bits per heavy atom. The summed E-state index contributed by atoms with van der Waals surface area (Å²) in [6.45, 7) is 0. The molecule has 1 aromatic rings. The molecule has 0 atom stereocenters. The smallest absolute Gasteiger partial charge is 0.189 e. The predicted octanol–water partition coefficient (Wildman–Crippen LogP) is 3.40. The van der Waals surface area contributed by atoms with Crippen LogP contribution in [-0.2, 0) is 6.42 Å². The third-order valence-corrected chi connectivity index (χ3v) is 3.62. The molecule has 0 spiro atoms. The first-order valence-corrected chi connectivity index (χ1v) is 6.45. The lowest BCUT2D eigenvalue weighted by Crippen LogP contribution is -1.99. The molecule has 0 N–H and O–H groups in total. The number of benzene rings is 1. The fourth-order valence-corrected chi connectivity index (χ4v) is 2.56. The van der Waals surface area contributed by atoms with E-state index in [9.17, 15) is 13.6 Å². The third-order valence-electron chi connectivity index (χ3n) is 3.62. The number of ketones is 1. The third kappa shape index (κ3) is 2.15. The monoisotopic (exact) mass is 268 g/mol. The van der Waals surface area contributed by atoms with Gasteiger partial charge < -0.3 is 0 Å². The number of carbonyl (C=O) groups is 1. The van der Waals surface area contributed by atoms with Crippen LogP contribution in [0.3, 0.4) is 0 Å². The average Bonchev–Trinajstić information content (AvgIpc) is 2.70. The maximum Gasteiger partial charge on any atom is 0.189 e. The van der Waals surface area contributed by atoms with Gasteiger partial charge in [0.15, 0.2) is 17.4 Å². The molecule has 2 aliphatic rings. The summed E-state index contributed by atoms with van der Waals surface area (Å²) in [6, 6.07) is 2.07. The number of carbonyl (C=O) groups excluding carboxylic acids is 1. The molecule has 0 saturated carbocycles. The van der Waals surface area contributed by atoms with Crippen LogP contribution >= 0.6 is 0 Å². The molecule has 0 fully saturated rings. The van der Waals surface area contributed by atoms with Crippen LogP contribution in [0.4, 0.5) is 8.78 Å². The first-order valence-electron chi connectivity index (χ1n) is 6.45. The van der Waals surface area contributed by atoms with Gasteiger partial charge in [0.2, 0.25) is 0 Å². The summed E-state index contributed by atoms with van der Waals surface area (Å²) in [4.78, 5) is 12.2. The van der Waals surface area contributed by atoms with E-state index in [2.05, 4.69) is 0 Å². The minimum atomic E-state index is -0.991. The molecule has 2 aliphatic carbocycles. The van der Waals surface area contributed by atoms with E-state index in [0.717, 1.165) is 30.5 Å². The Hall–Kier alpha value is -1.97. The molecule has 0 saturated heterocycles. The molecular formula is C16H11BF2O. The molecule has 98 valence electrons. The minimum absolute atomic E-state index is 0.245. The highest BCUT2D eigenvalue weighted by molar-refractivity contribution is 6.25. The minimum Gasteiger partial charge on any atom is -0.289 e. The molecule has 0 aromatic heterocycles. The number of halogens is 2. The fraction of sp³-hybridized carbons (Fsp3) is 0.188. The number of hydrogen-bond donors (Lipinski definition) is 0. The summed E-state index contributed by atoms with van der Waals surface area (Å²) in [5.41, 5.74) is 2.75. The molecule has 0 unspecified atom stereocenters. The summed E-state index contributed by atoms with van der Waals surface area (Å²) in [7, 11) is 5.87. The van der Waals surface area contributed by atoms with Crippen molar-refractivity contribution in [3.8, 4) is 0 Å². The SMILES string of the molecule is [B]C1=CCCC=C1/C=C1\Cc2cc(F)c(F)cc2C1=O. The van der Waals surface area contributed by atoms with Crippen LogP contribution in [0, 0.1) is 11.6 Å². The van der Waals surface area contributed by atoms with Crippen LogP contribution in [0.25, 0.3) is 0 Å². The summed E-state index contributed by atoms with van der Waals surface area (Å²) >= 11 is 0. The van der Waals surface area contributed by atoms with Gasteiger partial charge in [0.25, 0.3) is 0 Å². The Labute approximate surface area is 117 Å². The number of rotatable bonds is 1. The van der Waals surface area contributed by atoms with Crippen molar-refractivity contribution in [1.29, 1.82) is 0 Å². The number of fused-ring (bicyclic) bond motifs is 1. The molecule has 0 heterocycles. The van der Waals surface area contributed by atoms with Gasteiger partial charge in [-0.1, -0.05) is 17.6 Å². The van der Waals surface area contributed by atoms with E-state index < -0.39 is 11.6 Å². The zero-order valence-electron chi connectivity index (χ0n) is 10.7. The summed E-state index contributed by atoms with van der Waals surface area (Å²) in [5.74, 6) is -2.16. The molecule has 1 aromatic carbocycles.